The first-order valence-electron chi connectivity index (χ1n) is 8.20. The molecule has 1 fully saturated rings. The highest BCUT2D eigenvalue weighted by Crippen LogP contribution is 2.19. The number of piperazine rings is 1. The van der Waals surface area contributed by atoms with Gasteiger partial charge in [0.1, 0.15) is 0 Å². The van der Waals surface area contributed by atoms with Crippen molar-refractivity contribution >= 4 is 11.6 Å². The van der Waals surface area contributed by atoms with E-state index in [0.717, 1.165) is 49.5 Å². The van der Waals surface area contributed by atoms with E-state index < -0.39 is 0 Å². The third kappa shape index (κ3) is 5.05. The number of carbonyl (C=O) groups excluding carboxylic acids is 1. The van der Waals surface area contributed by atoms with Crippen molar-refractivity contribution in [2.45, 2.75) is 20.8 Å². The number of nitrogens with one attached hydrogen (secondary N) is 1. The van der Waals surface area contributed by atoms with Crippen LogP contribution < -0.4 is 5.32 Å². The maximum atomic E-state index is 12.3. The van der Waals surface area contributed by atoms with Crippen molar-refractivity contribution in [3.63, 3.8) is 0 Å². The molecule has 5 nitrogen and oxygen atoms in total. The molecule has 1 atom stereocenters. The maximum Gasteiger partial charge on any atom is 0.238 e. The number of rotatable bonds is 5. The Labute approximate surface area is 138 Å². The van der Waals surface area contributed by atoms with Crippen molar-refractivity contribution in [1.82, 2.24) is 9.80 Å². The van der Waals surface area contributed by atoms with Crippen LogP contribution in [0.3, 0.4) is 0 Å². The molecule has 1 aliphatic heterocycles. The fraction of sp³-hybridized carbons (Fsp3) is 0.556. The molecule has 1 heterocycles. The van der Waals surface area contributed by atoms with Gasteiger partial charge in [-0.2, -0.15) is 5.26 Å². The fourth-order valence-corrected chi connectivity index (χ4v) is 2.95. The maximum absolute atomic E-state index is 12.3. The van der Waals surface area contributed by atoms with Crippen LogP contribution in [-0.2, 0) is 4.79 Å². The van der Waals surface area contributed by atoms with Crippen LogP contribution in [0.4, 0.5) is 5.69 Å². The first kappa shape index (κ1) is 17.5. The van der Waals surface area contributed by atoms with E-state index in [9.17, 15) is 4.79 Å². The average Bonchev–Trinajstić information content (AvgIpc) is 2.53. The summed E-state index contributed by atoms with van der Waals surface area (Å²) in [6.07, 6.45) is 0. The van der Waals surface area contributed by atoms with Crippen molar-refractivity contribution in [2.24, 2.45) is 5.92 Å². The zero-order chi connectivity index (χ0) is 16.8. The predicted molar refractivity (Wildman–Crippen MR) is 92.2 cm³/mol. The molecule has 1 N–H and O–H groups in total. The summed E-state index contributed by atoms with van der Waals surface area (Å²) in [6, 6.07) is 8.30. The quantitative estimate of drug-likeness (QED) is 0.903. The Kier molecular flexibility index (Phi) is 6.14. The third-order valence-electron chi connectivity index (χ3n) is 4.33. The van der Waals surface area contributed by atoms with Crippen molar-refractivity contribution in [2.75, 3.05) is 44.6 Å². The van der Waals surface area contributed by atoms with Gasteiger partial charge < -0.3 is 5.32 Å². The molecule has 1 saturated heterocycles. The van der Waals surface area contributed by atoms with Crippen LogP contribution >= 0.6 is 0 Å². The number of nitriles is 1. The van der Waals surface area contributed by atoms with Gasteiger partial charge in [-0.05, 0) is 31.9 Å². The fourth-order valence-electron chi connectivity index (χ4n) is 2.95. The highest BCUT2D eigenvalue weighted by atomic mass is 16.2. The van der Waals surface area contributed by atoms with Gasteiger partial charge in [0.15, 0.2) is 0 Å². The minimum absolute atomic E-state index is 0.0428. The van der Waals surface area contributed by atoms with Gasteiger partial charge in [0.25, 0.3) is 0 Å². The Morgan fingerprint density at radius 1 is 1.22 bits per heavy atom. The van der Waals surface area contributed by atoms with E-state index in [4.69, 9.17) is 5.26 Å². The minimum Gasteiger partial charge on any atom is -0.324 e. The second-order valence-corrected chi connectivity index (χ2v) is 6.42. The summed E-state index contributed by atoms with van der Waals surface area (Å²) in [6.45, 7) is 10.8. The Balaban J connectivity index is 1.80. The number of anilines is 1. The lowest BCUT2D eigenvalue weighted by Gasteiger charge is -2.34. The second kappa shape index (κ2) is 8.09. The summed E-state index contributed by atoms with van der Waals surface area (Å²) in [5.41, 5.74) is 3.11. The number of hydrogen-bond acceptors (Lipinski definition) is 4. The topological polar surface area (TPSA) is 59.4 Å². The summed E-state index contributed by atoms with van der Waals surface area (Å²) in [4.78, 5) is 16.8. The Hall–Kier alpha value is -1.90. The Bertz CT molecular complexity index is 565. The Morgan fingerprint density at radius 2 is 1.78 bits per heavy atom. The number of para-hydroxylation sites is 1. The summed E-state index contributed by atoms with van der Waals surface area (Å²) in [7, 11) is 0. The molecule has 124 valence electrons. The van der Waals surface area contributed by atoms with Gasteiger partial charge in [-0.15, -0.1) is 0 Å². The molecule has 1 aromatic carbocycles. The van der Waals surface area contributed by atoms with E-state index in [1.807, 2.05) is 39.0 Å². The van der Waals surface area contributed by atoms with Crippen LogP contribution in [0.1, 0.15) is 18.1 Å². The molecule has 0 radical (unpaired) electrons. The molecule has 5 heteroatoms. The molecule has 1 aromatic rings. The Morgan fingerprint density at radius 3 is 2.35 bits per heavy atom. The van der Waals surface area contributed by atoms with E-state index >= 15 is 0 Å². The van der Waals surface area contributed by atoms with Crippen LogP contribution in [0, 0.1) is 31.1 Å². The largest absolute Gasteiger partial charge is 0.324 e. The van der Waals surface area contributed by atoms with E-state index in [0.29, 0.717) is 6.54 Å². The van der Waals surface area contributed by atoms with Gasteiger partial charge in [0.05, 0.1) is 18.5 Å². The molecule has 1 amide bonds. The first-order chi connectivity index (χ1) is 11.0. The zero-order valence-electron chi connectivity index (χ0n) is 14.3. The number of benzene rings is 1. The first-order valence-corrected chi connectivity index (χ1v) is 8.20. The van der Waals surface area contributed by atoms with Gasteiger partial charge >= 0.3 is 0 Å². The van der Waals surface area contributed by atoms with Gasteiger partial charge in [-0.1, -0.05) is 18.2 Å². The van der Waals surface area contributed by atoms with E-state index in [1.165, 1.54) is 0 Å². The van der Waals surface area contributed by atoms with E-state index in [2.05, 4.69) is 21.2 Å². The summed E-state index contributed by atoms with van der Waals surface area (Å²) >= 11 is 0. The number of amides is 1. The molecular formula is C18H26N4O. The van der Waals surface area contributed by atoms with Crippen LogP contribution in [-0.4, -0.2) is 55.0 Å². The van der Waals surface area contributed by atoms with Crippen LogP contribution in [0.2, 0.25) is 0 Å². The van der Waals surface area contributed by atoms with Gasteiger partial charge in [0, 0.05) is 38.4 Å². The lowest BCUT2D eigenvalue weighted by molar-refractivity contribution is -0.117. The van der Waals surface area contributed by atoms with E-state index in [-0.39, 0.29) is 11.8 Å². The van der Waals surface area contributed by atoms with Gasteiger partial charge in [0.2, 0.25) is 5.91 Å². The SMILES string of the molecule is Cc1cccc(C)c1NC(=O)CN1CCN(C[C@@H](C)C#N)CC1. The zero-order valence-corrected chi connectivity index (χ0v) is 14.3. The normalized spacial score (nSPS) is 17.5. The molecule has 23 heavy (non-hydrogen) atoms. The molecule has 0 saturated carbocycles. The van der Waals surface area contributed by atoms with Crippen LogP contribution in [0.5, 0.6) is 0 Å². The summed E-state index contributed by atoms with van der Waals surface area (Å²) in [5.74, 6) is 0.107. The number of aryl methyl sites for hydroxylation is 2. The standard InChI is InChI=1S/C18H26N4O/c1-14(11-19)12-21-7-9-22(10-8-21)13-17(23)20-18-15(2)5-4-6-16(18)3/h4-6,14H,7-10,12-13H2,1-3H3,(H,20,23)/t14-/m0/s1. The molecular weight excluding hydrogens is 288 g/mol. The highest BCUT2D eigenvalue weighted by molar-refractivity contribution is 5.93. The number of nitrogens with zero attached hydrogens (tertiary/aromatic N) is 3. The lowest BCUT2D eigenvalue weighted by atomic mass is 10.1. The smallest absolute Gasteiger partial charge is 0.238 e. The van der Waals surface area contributed by atoms with E-state index in [1.54, 1.807) is 0 Å². The van der Waals surface area contributed by atoms with Gasteiger partial charge in [-0.25, -0.2) is 0 Å². The molecule has 0 bridgehead atoms. The average molecular weight is 314 g/mol. The van der Waals surface area contributed by atoms with Crippen molar-refractivity contribution < 1.29 is 4.79 Å². The number of hydrogen-bond donors (Lipinski definition) is 1. The third-order valence-corrected chi connectivity index (χ3v) is 4.33. The molecule has 0 spiro atoms. The molecule has 2 rings (SSSR count). The second-order valence-electron chi connectivity index (χ2n) is 6.42. The molecule has 0 aliphatic carbocycles. The van der Waals surface area contributed by atoms with Gasteiger partial charge in [-0.3, -0.25) is 14.6 Å². The molecule has 0 unspecified atom stereocenters. The van der Waals surface area contributed by atoms with Crippen LogP contribution in [0.15, 0.2) is 18.2 Å². The number of carbonyl (C=O) groups is 1. The molecule has 0 aromatic heterocycles. The minimum atomic E-state index is 0.0428. The van der Waals surface area contributed by atoms with Crippen molar-refractivity contribution in [1.29, 1.82) is 5.26 Å². The summed E-state index contributed by atoms with van der Waals surface area (Å²) in [5, 5.41) is 11.9. The summed E-state index contributed by atoms with van der Waals surface area (Å²) < 4.78 is 0. The monoisotopic (exact) mass is 314 g/mol. The van der Waals surface area contributed by atoms with Crippen molar-refractivity contribution in [3.8, 4) is 6.07 Å². The van der Waals surface area contributed by atoms with Crippen LogP contribution in [0.25, 0.3) is 0 Å². The lowest BCUT2D eigenvalue weighted by Crippen LogP contribution is -2.49. The highest BCUT2D eigenvalue weighted by Gasteiger charge is 2.20. The predicted octanol–water partition coefficient (Wildman–Crippen LogP) is 2.02. The molecule has 1 aliphatic rings. The van der Waals surface area contributed by atoms with Crippen molar-refractivity contribution in [3.05, 3.63) is 29.3 Å².